The minimum Gasteiger partial charge on any atom is -0.395 e. The largest absolute Gasteiger partial charge is 0.395 e. The van der Waals surface area contributed by atoms with E-state index in [-0.39, 0.29) is 47.9 Å². The molecule has 442 valence electrons. The number of nitrogens with two attached hydrogens (primary N) is 6. The van der Waals surface area contributed by atoms with Crippen molar-refractivity contribution in [3.8, 4) is 0 Å². The van der Waals surface area contributed by atoms with Gasteiger partial charge in [-0.25, -0.2) is 74.6 Å². The molecule has 0 bridgehead atoms. The van der Waals surface area contributed by atoms with Crippen molar-refractivity contribution in [1.29, 1.82) is 0 Å². The molecule has 46 heteroatoms. The Labute approximate surface area is 462 Å². The molecule has 0 saturated carbocycles. The summed E-state index contributed by atoms with van der Waals surface area (Å²) in [5.41, 5.74) is 27.0. The molecule has 1 atom stereocenters. The first-order valence-corrected chi connectivity index (χ1v) is 23.3. The van der Waals surface area contributed by atoms with Crippen LogP contribution >= 0.6 is 48.4 Å². The van der Waals surface area contributed by atoms with Crippen molar-refractivity contribution in [2.24, 2.45) is 46.6 Å². The maximum atomic E-state index is 10.7. The fourth-order valence-electron chi connectivity index (χ4n) is 3.81. The van der Waals surface area contributed by atoms with Crippen LogP contribution in [0.4, 0.5) is 19.2 Å². The number of hydrogen-bond acceptors (Lipinski definition) is 24. The number of amidine groups is 1. The summed E-state index contributed by atoms with van der Waals surface area (Å²) in [6.45, 7) is 5.44. The Kier molecular flexibility index (Phi) is 40.2. The van der Waals surface area contributed by atoms with Gasteiger partial charge in [-0.3, -0.25) is 70.0 Å². The van der Waals surface area contributed by atoms with Crippen LogP contribution in [0.3, 0.4) is 0 Å². The SMILES string of the molecule is CCNC(N)=S.CNC(=S)NN.Cn1c(=O)[nH][nH]c1=O.NC(N)=S.NC1=NC(=O)CS1.NC1CONC1=O.O=C1CC(=O)NC(=O)N1.O=C1CCNC(=O)N1.O=C1NC(=O)C(=O)N1.O=C1NCCN1CCO.O=c1[nH][nH]c(=O)[nH]1. The number of urea groups is 4. The molecule has 79 heavy (non-hydrogen) atoms. The molecular weight excluding hydrogens is 1150 g/mol. The van der Waals surface area contributed by atoms with Gasteiger partial charge in [0.25, 0.3) is 11.8 Å². The number of H-pyrrole nitrogens is 5. The van der Waals surface area contributed by atoms with Gasteiger partial charge in [0.2, 0.25) is 17.7 Å². The second-order valence-corrected chi connectivity index (χ2v) is 15.6. The zero-order chi connectivity index (χ0) is 61.2. The lowest BCUT2D eigenvalue weighted by molar-refractivity contribution is -0.135. The van der Waals surface area contributed by atoms with Gasteiger partial charge in [0.15, 0.2) is 20.5 Å². The molecule has 0 radical (unpaired) electrons. The van der Waals surface area contributed by atoms with Gasteiger partial charge < -0.3 is 65.4 Å². The number of thiocarbonyl (C=S) groups is 3. The Balaban J connectivity index is -0.000000809. The molecule has 0 spiro atoms. The minimum atomic E-state index is -0.894. The van der Waals surface area contributed by atoms with Gasteiger partial charge in [0.1, 0.15) is 12.5 Å². The van der Waals surface area contributed by atoms with E-state index in [1.54, 1.807) is 22.6 Å². The molecule has 6 aliphatic rings. The number of aliphatic hydroxyl groups is 1. The van der Waals surface area contributed by atoms with Crippen LogP contribution in [0, 0.1) is 0 Å². The van der Waals surface area contributed by atoms with Crippen LogP contribution in [0.5, 0.6) is 0 Å². The predicted octanol–water partition coefficient (Wildman–Crippen LogP) is -12.0. The zero-order valence-corrected chi connectivity index (χ0v) is 44.8. The van der Waals surface area contributed by atoms with Gasteiger partial charge in [0, 0.05) is 53.2 Å². The molecular formula is C33H59N25O17S4. The fraction of sp³-hybridized carbons (Fsp3) is 0.424. The molecule has 29 N–H and O–H groups in total. The van der Waals surface area contributed by atoms with Crippen molar-refractivity contribution in [3.05, 3.63) is 41.9 Å². The molecule has 15 amide bonds. The number of aromatic amines is 5. The van der Waals surface area contributed by atoms with E-state index >= 15 is 0 Å². The van der Waals surface area contributed by atoms with Crippen LogP contribution in [-0.2, 0) is 45.4 Å². The highest BCUT2D eigenvalue weighted by atomic mass is 32.2. The van der Waals surface area contributed by atoms with Crippen molar-refractivity contribution in [2.75, 3.05) is 58.7 Å². The quantitative estimate of drug-likeness (QED) is 0.0339. The fourth-order valence-corrected chi connectivity index (χ4v) is 4.45. The number of aliphatic imine (C=N–C) groups is 1. The maximum absolute atomic E-state index is 10.7. The normalized spacial score (nSPS) is 15.7. The van der Waals surface area contributed by atoms with Gasteiger partial charge in [-0.05, 0) is 43.6 Å². The van der Waals surface area contributed by atoms with E-state index < -0.39 is 64.5 Å². The number of hydrazine groups is 1. The van der Waals surface area contributed by atoms with E-state index in [0.717, 1.165) is 17.7 Å². The third-order valence-electron chi connectivity index (χ3n) is 7.16. The number of nitrogens with zero attached hydrogens (tertiary/aromatic N) is 3. The maximum Gasteiger partial charge on any atom is 0.344 e. The van der Waals surface area contributed by atoms with E-state index in [1.807, 2.05) is 32.7 Å². The van der Waals surface area contributed by atoms with Gasteiger partial charge in [-0.2, -0.15) is 4.99 Å². The number of β-amino-alcohol motifs (C(OH)–C–C–N with tert-alkyl or cyclic N) is 1. The zero-order valence-electron chi connectivity index (χ0n) is 41.6. The van der Waals surface area contributed by atoms with Gasteiger partial charge >= 0.3 is 58.7 Å². The standard InChI is InChI=1S/C5H10N2O2.C4H4N2O3.C4H6N2O2.C3H5N3O2.C3H2N2O3.C3H6N2O2.C3H4N2OS.C3H8N2S.C2H3N3O2.C2H7N3S.CH4N2S/c8-4-3-7-2-1-6-5(7)9;7-2-1-3(8)6-4(9)5-2;7-3-1-2-5-4(8)6-3;1-6-2(7)4-5-3(6)8;6-1-2(7)5-3(8)4-1;4-2-1-7-5-3(2)6;4-3-5-2(6)1-7-3;1-2-5-3(4)6;6-1-3-2(7)5-4-1;1-4-2(6)5-3;2-1(3)4/h8H,1-4H2,(H,6,9);1H2,(H2,5,6,7,8,9);1-2H2,(H2,5,6,7,8);1H3,(H,4,7)(H,5,8);(H2,4,5,6,7,8);2H,1,4H2,(H,5,6);1H2,(H2,4,5,6);2H2,1H3,(H3,4,5,6);(H3,3,4,5,6,7);3H2,1H3,(H2,4,5,6);(H4,2,3,4). The Morgan fingerprint density at radius 3 is 1.47 bits per heavy atom. The van der Waals surface area contributed by atoms with Crippen LogP contribution < -0.4 is 116 Å². The first-order chi connectivity index (χ1) is 36.9. The molecule has 1 unspecified atom stereocenters. The van der Waals surface area contributed by atoms with Crippen LogP contribution in [0.25, 0.3) is 0 Å². The lowest BCUT2D eigenvalue weighted by Gasteiger charge is -2.10. The summed E-state index contributed by atoms with van der Waals surface area (Å²) in [6, 6.07) is -2.40. The molecule has 5 saturated heterocycles. The van der Waals surface area contributed by atoms with Crippen molar-refractivity contribution >= 4 is 134 Å². The number of hydrogen-bond donors (Lipinski definition) is 23. The summed E-state index contributed by atoms with van der Waals surface area (Å²) in [4.78, 5) is 164. The highest BCUT2D eigenvalue weighted by Crippen LogP contribution is 2.07. The molecule has 0 aromatic carbocycles. The summed E-state index contributed by atoms with van der Waals surface area (Å²) < 4.78 is 0.944. The van der Waals surface area contributed by atoms with Gasteiger partial charge in [-0.15, -0.1) is 0 Å². The number of rotatable bonds is 3. The topological polar surface area (TPSA) is 673 Å². The number of hydroxylamine groups is 1. The summed E-state index contributed by atoms with van der Waals surface area (Å²) in [5, 5.41) is 37.6. The Morgan fingerprint density at radius 1 is 0.772 bits per heavy atom. The van der Waals surface area contributed by atoms with Crippen LogP contribution in [0.2, 0.25) is 0 Å². The number of imide groups is 5. The molecule has 0 aliphatic carbocycles. The monoisotopic (exact) mass is 1210 g/mol. The molecule has 8 heterocycles. The van der Waals surface area contributed by atoms with Crippen molar-refractivity contribution < 1.29 is 62.7 Å². The molecule has 42 nitrogen and oxygen atoms in total. The average molecular weight is 1210 g/mol. The predicted molar refractivity (Wildman–Crippen MR) is 286 cm³/mol. The number of barbiturate groups is 1. The summed E-state index contributed by atoms with van der Waals surface area (Å²) >= 11 is 14.3. The number of carbonyl (C=O) groups is 11. The van der Waals surface area contributed by atoms with E-state index in [1.165, 1.54) is 18.8 Å². The highest BCUT2D eigenvalue weighted by Gasteiger charge is 2.26. The summed E-state index contributed by atoms with van der Waals surface area (Å²) in [5.74, 6) is 1.80. The molecule has 6 aliphatic heterocycles. The van der Waals surface area contributed by atoms with Crippen molar-refractivity contribution in [2.45, 2.75) is 25.8 Å². The number of aliphatic hydroxyl groups excluding tert-OH is 1. The molecule has 8 rings (SSSR count). The van der Waals surface area contributed by atoms with E-state index in [4.69, 9.17) is 28.2 Å². The highest BCUT2D eigenvalue weighted by molar-refractivity contribution is 8.14. The molecule has 5 fully saturated rings. The number of amides is 15. The summed E-state index contributed by atoms with van der Waals surface area (Å²) in [7, 11) is 3.08. The Hall–Kier alpha value is -9.22. The first-order valence-electron chi connectivity index (χ1n) is 21.1. The van der Waals surface area contributed by atoms with E-state index in [9.17, 15) is 71.9 Å². The minimum absolute atomic E-state index is 0.000000000000000222. The third-order valence-corrected chi connectivity index (χ3v) is 8.40. The van der Waals surface area contributed by atoms with Crippen molar-refractivity contribution in [3.63, 3.8) is 0 Å². The lowest BCUT2D eigenvalue weighted by atomic mass is 10.3. The van der Waals surface area contributed by atoms with Crippen LogP contribution in [-0.4, -0.2) is 191 Å². The average Bonchev–Trinajstić information content (AvgIpc) is 4.24. The van der Waals surface area contributed by atoms with Gasteiger partial charge in [0.05, 0.1) is 19.0 Å². The second kappa shape index (κ2) is 42.9. The number of nitrogens with one attached hydrogen (secondary N) is 16. The number of aromatic nitrogens is 6. The van der Waals surface area contributed by atoms with E-state index in [2.05, 4.69) is 106 Å². The number of thioether (sulfide) groups is 1. The third kappa shape index (κ3) is 41.7. The first kappa shape index (κ1) is 74.0. The van der Waals surface area contributed by atoms with Crippen LogP contribution in [0.1, 0.15) is 19.8 Å². The lowest BCUT2D eigenvalue weighted by Crippen LogP contribution is -2.49. The van der Waals surface area contributed by atoms with Crippen LogP contribution in [0.15, 0.2) is 24.2 Å². The van der Waals surface area contributed by atoms with E-state index in [0.29, 0.717) is 53.8 Å². The summed E-state index contributed by atoms with van der Waals surface area (Å²) in [6.07, 6.45) is 0.136. The smallest absolute Gasteiger partial charge is 0.344 e. The number of carbonyl (C=O) groups excluding carboxylic acids is 11. The Morgan fingerprint density at radius 2 is 1.28 bits per heavy atom. The molecule has 2 aromatic heterocycles. The second-order valence-electron chi connectivity index (χ2n) is 13.3. The molecule has 2 aromatic rings. The van der Waals surface area contributed by atoms with Crippen molar-refractivity contribution in [1.82, 2.24) is 93.6 Å². The Bertz CT molecular complexity index is 2540. The van der Waals surface area contributed by atoms with Gasteiger partial charge in [-0.1, -0.05) is 11.8 Å².